The lowest BCUT2D eigenvalue weighted by atomic mass is 10.0. The maximum absolute atomic E-state index is 13.3. The SMILES string of the molecule is CCCC(F)c1ccc(C(F)(F)F)cc1. The molecule has 1 rings (SSSR count). The lowest BCUT2D eigenvalue weighted by Gasteiger charge is -2.09. The average Bonchev–Trinajstić information content (AvgIpc) is 2.17. The summed E-state index contributed by atoms with van der Waals surface area (Å²) in [6.45, 7) is 1.83. The molecule has 0 aliphatic rings. The van der Waals surface area contributed by atoms with Crippen molar-refractivity contribution in [1.29, 1.82) is 0 Å². The van der Waals surface area contributed by atoms with Crippen molar-refractivity contribution in [1.82, 2.24) is 0 Å². The summed E-state index contributed by atoms with van der Waals surface area (Å²) in [5.41, 5.74) is -0.431. The molecule has 0 spiro atoms. The molecule has 0 bridgehead atoms. The van der Waals surface area contributed by atoms with E-state index in [1.807, 2.05) is 6.92 Å². The minimum atomic E-state index is -4.35. The van der Waals surface area contributed by atoms with Crippen LogP contribution in [0, 0.1) is 0 Å². The summed E-state index contributed by atoms with van der Waals surface area (Å²) < 4.78 is 49.8. The minimum Gasteiger partial charge on any atom is -0.242 e. The highest BCUT2D eigenvalue weighted by molar-refractivity contribution is 5.25. The third-order valence-corrected chi connectivity index (χ3v) is 2.14. The van der Waals surface area contributed by atoms with Gasteiger partial charge in [0.1, 0.15) is 6.17 Å². The maximum atomic E-state index is 13.3. The van der Waals surface area contributed by atoms with Gasteiger partial charge in [-0.2, -0.15) is 13.2 Å². The van der Waals surface area contributed by atoms with E-state index in [0.717, 1.165) is 12.1 Å². The van der Waals surface area contributed by atoms with E-state index in [1.165, 1.54) is 12.1 Å². The average molecular weight is 220 g/mol. The fourth-order valence-corrected chi connectivity index (χ4v) is 1.30. The Balaban J connectivity index is 2.81. The third kappa shape index (κ3) is 3.22. The summed E-state index contributed by atoms with van der Waals surface area (Å²) in [4.78, 5) is 0. The van der Waals surface area contributed by atoms with Gasteiger partial charge in [0.15, 0.2) is 0 Å². The maximum Gasteiger partial charge on any atom is 0.416 e. The highest BCUT2D eigenvalue weighted by Crippen LogP contribution is 2.31. The van der Waals surface area contributed by atoms with Gasteiger partial charge in [-0.25, -0.2) is 4.39 Å². The molecular weight excluding hydrogens is 208 g/mol. The molecule has 0 nitrogen and oxygen atoms in total. The zero-order chi connectivity index (χ0) is 11.5. The molecule has 1 aromatic rings. The molecule has 0 aromatic heterocycles. The second-order valence-corrected chi connectivity index (χ2v) is 3.38. The Morgan fingerprint density at radius 1 is 1.13 bits per heavy atom. The Kier molecular flexibility index (Phi) is 3.72. The Hall–Kier alpha value is -1.06. The van der Waals surface area contributed by atoms with Crippen molar-refractivity contribution in [3.05, 3.63) is 35.4 Å². The third-order valence-electron chi connectivity index (χ3n) is 2.14. The fourth-order valence-electron chi connectivity index (χ4n) is 1.30. The lowest BCUT2D eigenvalue weighted by Crippen LogP contribution is -2.04. The Labute approximate surface area is 85.9 Å². The number of hydrogen-bond acceptors (Lipinski definition) is 0. The predicted octanol–water partition coefficient (Wildman–Crippen LogP) is 4.52. The molecule has 0 amide bonds. The first-order valence-corrected chi connectivity index (χ1v) is 4.76. The largest absolute Gasteiger partial charge is 0.416 e. The van der Waals surface area contributed by atoms with E-state index in [9.17, 15) is 17.6 Å². The van der Waals surface area contributed by atoms with Crippen molar-refractivity contribution in [3.63, 3.8) is 0 Å². The molecule has 0 aliphatic carbocycles. The van der Waals surface area contributed by atoms with Crippen LogP contribution < -0.4 is 0 Å². The lowest BCUT2D eigenvalue weighted by molar-refractivity contribution is -0.137. The van der Waals surface area contributed by atoms with Gasteiger partial charge in [0.25, 0.3) is 0 Å². The molecule has 84 valence electrons. The number of hydrogen-bond donors (Lipinski definition) is 0. The van der Waals surface area contributed by atoms with Crippen LogP contribution in [-0.4, -0.2) is 0 Å². The van der Waals surface area contributed by atoms with E-state index in [-0.39, 0.29) is 0 Å². The van der Waals surface area contributed by atoms with Gasteiger partial charge in [-0.3, -0.25) is 0 Å². The Bertz CT molecular complexity index is 299. The quantitative estimate of drug-likeness (QED) is 0.657. The number of alkyl halides is 4. The van der Waals surface area contributed by atoms with Crippen LogP contribution in [0.2, 0.25) is 0 Å². The monoisotopic (exact) mass is 220 g/mol. The van der Waals surface area contributed by atoms with Gasteiger partial charge in [0, 0.05) is 0 Å². The number of halogens is 4. The molecule has 0 heterocycles. The molecule has 15 heavy (non-hydrogen) atoms. The van der Waals surface area contributed by atoms with Gasteiger partial charge in [-0.15, -0.1) is 0 Å². The van der Waals surface area contributed by atoms with Crippen molar-refractivity contribution in [2.45, 2.75) is 32.1 Å². The Morgan fingerprint density at radius 2 is 1.67 bits per heavy atom. The zero-order valence-electron chi connectivity index (χ0n) is 8.31. The topological polar surface area (TPSA) is 0 Å². The zero-order valence-corrected chi connectivity index (χ0v) is 8.31. The van der Waals surface area contributed by atoms with Crippen LogP contribution in [0.3, 0.4) is 0 Å². The standard InChI is InChI=1S/C11H12F4/c1-2-3-10(12)8-4-6-9(7-5-8)11(13,14)15/h4-7,10H,2-3H2,1H3. The normalized spacial score (nSPS) is 13.9. The van der Waals surface area contributed by atoms with E-state index in [4.69, 9.17) is 0 Å². The predicted molar refractivity (Wildman–Crippen MR) is 50.2 cm³/mol. The second-order valence-electron chi connectivity index (χ2n) is 3.38. The van der Waals surface area contributed by atoms with Gasteiger partial charge in [0.05, 0.1) is 5.56 Å². The molecule has 4 heteroatoms. The molecule has 0 aliphatic heterocycles. The highest BCUT2D eigenvalue weighted by atomic mass is 19.4. The summed E-state index contributed by atoms with van der Waals surface area (Å²) in [6, 6.07) is 4.22. The van der Waals surface area contributed by atoms with Crippen LogP contribution in [0.5, 0.6) is 0 Å². The van der Waals surface area contributed by atoms with Gasteiger partial charge in [-0.1, -0.05) is 25.5 Å². The first kappa shape index (κ1) is 12.0. The van der Waals surface area contributed by atoms with Crippen LogP contribution in [-0.2, 0) is 6.18 Å². The number of benzene rings is 1. The second kappa shape index (κ2) is 4.64. The van der Waals surface area contributed by atoms with Crippen molar-refractivity contribution < 1.29 is 17.6 Å². The van der Waals surface area contributed by atoms with E-state index in [0.29, 0.717) is 18.4 Å². The first-order chi connectivity index (χ1) is 6.95. The van der Waals surface area contributed by atoms with Crippen LogP contribution in [0.25, 0.3) is 0 Å². The molecule has 0 saturated carbocycles. The molecule has 1 unspecified atom stereocenters. The van der Waals surface area contributed by atoms with Crippen LogP contribution in [0.4, 0.5) is 17.6 Å². The molecule has 1 atom stereocenters. The number of rotatable bonds is 3. The minimum absolute atomic E-state index is 0.310. The summed E-state index contributed by atoms with van der Waals surface area (Å²) in [5.74, 6) is 0. The fraction of sp³-hybridized carbons (Fsp3) is 0.455. The molecular formula is C11H12F4. The van der Waals surface area contributed by atoms with Gasteiger partial charge in [0.2, 0.25) is 0 Å². The van der Waals surface area contributed by atoms with Gasteiger partial charge >= 0.3 is 6.18 Å². The van der Waals surface area contributed by atoms with Crippen molar-refractivity contribution in [2.75, 3.05) is 0 Å². The summed E-state index contributed by atoms with van der Waals surface area (Å²) in [6.07, 6.45) is -4.51. The summed E-state index contributed by atoms with van der Waals surface area (Å²) in [7, 11) is 0. The van der Waals surface area contributed by atoms with E-state index in [2.05, 4.69) is 0 Å². The van der Waals surface area contributed by atoms with E-state index < -0.39 is 17.9 Å². The Morgan fingerprint density at radius 3 is 2.07 bits per heavy atom. The van der Waals surface area contributed by atoms with Gasteiger partial charge < -0.3 is 0 Å². The van der Waals surface area contributed by atoms with Crippen molar-refractivity contribution in [2.24, 2.45) is 0 Å². The van der Waals surface area contributed by atoms with Crippen LogP contribution in [0.15, 0.2) is 24.3 Å². The van der Waals surface area contributed by atoms with Crippen molar-refractivity contribution in [3.8, 4) is 0 Å². The summed E-state index contributed by atoms with van der Waals surface area (Å²) >= 11 is 0. The van der Waals surface area contributed by atoms with E-state index in [1.54, 1.807) is 0 Å². The van der Waals surface area contributed by atoms with Crippen LogP contribution >= 0.6 is 0 Å². The van der Waals surface area contributed by atoms with Gasteiger partial charge in [-0.05, 0) is 24.1 Å². The summed E-state index contributed by atoms with van der Waals surface area (Å²) in [5, 5.41) is 0. The molecule has 1 aromatic carbocycles. The molecule has 0 saturated heterocycles. The van der Waals surface area contributed by atoms with Crippen LogP contribution in [0.1, 0.15) is 37.1 Å². The first-order valence-electron chi connectivity index (χ1n) is 4.76. The smallest absolute Gasteiger partial charge is 0.242 e. The van der Waals surface area contributed by atoms with E-state index >= 15 is 0 Å². The molecule has 0 N–H and O–H groups in total. The highest BCUT2D eigenvalue weighted by Gasteiger charge is 2.30. The van der Waals surface area contributed by atoms with Crippen molar-refractivity contribution >= 4 is 0 Å². The molecule has 0 radical (unpaired) electrons. The molecule has 0 fully saturated rings.